The van der Waals surface area contributed by atoms with E-state index < -0.39 is 0 Å². The van der Waals surface area contributed by atoms with Crippen LogP contribution >= 0.6 is 23.8 Å². The Bertz CT molecular complexity index is 459. The summed E-state index contributed by atoms with van der Waals surface area (Å²) in [7, 11) is 3.20. The van der Waals surface area contributed by atoms with E-state index in [0.29, 0.717) is 16.5 Å². The highest BCUT2D eigenvalue weighted by molar-refractivity contribution is 7.80. The van der Waals surface area contributed by atoms with Crippen LogP contribution in [-0.4, -0.2) is 37.2 Å². The van der Waals surface area contributed by atoms with E-state index in [4.69, 9.17) is 33.3 Å². The Morgan fingerprint density at radius 1 is 1.17 bits per heavy atom. The molecule has 0 bridgehead atoms. The standard InChI is InChI=1S/C13H16ClNO2S/c1-16-11-7-9(10(14)8-12(11)17-2)13(18)15-5-3-4-6-15/h7-8H,3-6H2,1-2H3. The first-order valence-corrected chi connectivity index (χ1v) is 6.66. The Morgan fingerprint density at radius 2 is 1.72 bits per heavy atom. The summed E-state index contributed by atoms with van der Waals surface area (Å²) in [5.41, 5.74) is 0.839. The summed E-state index contributed by atoms with van der Waals surface area (Å²) in [6.45, 7) is 2.01. The molecular formula is C13H16ClNO2S. The van der Waals surface area contributed by atoms with Gasteiger partial charge in [-0.05, 0) is 18.9 Å². The van der Waals surface area contributed by atoms with Gasteiger partial charge in [-0.1, -0.05) is 23.8 Å². The third kappa shape index (κ3) is 2.54. The first kappa shape index (κ1) is 13.4. The molecule has 3 nitrogen and oxygen atoms in total. The predicted octanol–water partition coefficient (Wildman–Crippen LogP) is 3.13. The molecule has 0 spiro atoms. The van der Waals surface area contributed by atoms with Gasteiger partial charge in [-0.15, -0.1) is 0 Å². The molecule has 0 aromatic heterocycles. The zero-order valence-corrected chi connectivity index (χ0v) is 12.1. The van der Waals surface area contributed by atoms with Crippen LogP contribution in [-0.2, 0) is 0 Å². The predicted molar refractivity (Wildman–Crippen MR) is 77.1 cm³/mol. The van der Waals surface area contributed by atoms with Crippen molar-refractivity contribution in [2.45, 2.75) is 12.8 Å². The number of hydrogen-bond acceptors (Lipinski definition) is 3. The van der Waals surface area contributed by atoms with Gasteiger partial charge in [0.05, 0.1) is 19.2 Å². The Morgan fingerprint density at radius 3 is 2.28 bits per heavy atom. The van der Waals surface area contributed by atoms with Crippen LogP contribution in [0.25, 0.3) is 0 Å². The van der Waals surface area contributed by atoms with Gasteiger partial charge in [0.2, 0.25) is 0 Å². The molecule has 0 aliphatic carbocycles. The van der Waals surface area contributed by atoms with Crippen LogP contribution in [0.4, 0.5) is 0 Å². The van der Waals surface area contributed by atoms with Crippen LogP contribution in [0, 0.1) is 0 Å². The fourth-order valence-corrected chi connectivity index (χ4v) is 2.76. The summed E-state index contributed by atoms with van der Waals surface area (Å²) >= 11 is 11.8. The van der Waals surface area contributed by atoms with Crippen molar-refractivity contribution in [1.82, 2.24) is 4.90 Å². The Hall–Kier alpha value is -1.00. The molecule has 0 unspecified atom stereocenters. The number of nitrogens with zero attached hydrogens (tertiary/aromatic N) is 1. The zero-order valence-electron chi connectivity index (χ0n) is 10.5. The van der Waals surface area contributed by atoms with E-state index in [1.54, 1.807) is 20.3 Å². The summed E-state index contributed by atoms with van der Waals surface area (Å²) in [5, 5.41) is 0.601. The number of benzene rings is 1. The van der Waals surface area contributed by atoms with Gasteiger partial charge in [-0.3, -0.25) is 0 Å². The monoisotopic (exact) mass is 285 g/mol. The van der Waals surface area contributed by atoms with Crippen LogP contribution in [0.15, 0.2) is 12.1 Å². The van der Waals surface area contributed by atoms with Crippen molar-refractivity contribution >= 4 is 28.8 Å². The van der Waals surface area contributed by atoms with E-state index in [1.807, 2.05) is 6.07 Å². The minimum atomic E-state index is 0.601. The number of likely N-dealkylation sites (tertiary alicyclic amines) is 1. The number of methoxy groups -OCH3 is 2. The van der Waals surface area contributed by atoms with Gasteiger partial charge in [0.15, 0.2) is 11.5 Å². The van der Waals surface area contributed by atoms with Crippen LogP contribution in [0.5, 0.6) is 11.5 Å². The largest absolute Gasteiger partial charge is 0.493 e. The molecule has 98 valence electrons. The van der Waals surface area contributed by atoms with Crippen molar-refractivity contribution in [3.63, 3.8) is 0 Å². The molecule has 0 saturated carbocycles. The lowest BCUT2D eigenvalue weighted by molar-refractivity contribution is 0.355. The van der Waals surface area contributed by atoms with Gasteiger partial charge in [0.25, 0.3) is 0 Å². The quantitative estimate of drug-likeness (QED) is 0.796. The van der Waals surface area contributed by atoms with Crippen LogP contribution in [0.3, 0.4) is 0 Å². The van der Waals surface area contributed by atoms with Crippen LogP contribution < -0.4 is 9.47 Å². The second-order valence-electron chi connectivity index (χ2n) is 4.19. The molecule has 1 aromatic rings. The van der Waals surface area contributed by atoms with Gasteiger partial charge in [0.1, 0.15) is 4.99 Å². The molecule has 5 heteroatoms. The fourth-order valence-electron chi connectivity index (χ4n) is 2.11. The first-order valence-electron chi connectivity index (χ1n) is 5.88. The molecular weight excluding hydrogens is 270 g/mol. The van der Waals surface area contributed by atoms with Gasteiger partial charge in [0, 0.05) is 24.7 Å². The lowest BCUT2D eigenvalue weighted by atomic mass is 10.2. The van der Waals surface area contributed by atoms with Gasteiger partial charge in [-0.25, -0.2) is 0 Å². The third-order valence-electron chi connectivity index (χ3n) is 3.10. The lowest BCUT2D eigenvalue weighted by Gasteiger charge is -2.20. The number of rotatable bonds is 3. The average Bonchev–Trinajstić information content (AvgIpc) is 2.91. The SMILES string of the molecule is COc1cc(Cl)c(C(=S)N2CCCC2)cc1OC. The molecule has 2 rings (SSSR count). The molecule has 1 heterocycles. The van der Waals surface area contributed by atoms with E-state index in [0.717, 1.165) is 23.6 Å². The van der Waals surface area contributed by atoms with E-state index in [9.17, 15) is 0 Å². The van der Waals surface area contributed by atoms with Crippen molar-refractivity contribution in [3.8, 4) is 11.5 Å². The van der Waals surface area contributed by atoms with Crippen molar-refractivity contribution in [1.29, 1.82) is 0 Å². The zero-order chi connectivity index (χ0) is 13.1. The maximum Gasteiger partial charge on any atom is 0.162 e. The maximum absolute atomic E-state index is 6.26. The average molecular weight is 286 g/mol. The van der Waals surface area contributed by atoms with E-state index >= 15 is 0 Å². The second-order valence-corrected chi connectivity index (χ2v) is 4.98. The van der Waals surface area contributed by atoms with E-state index in [2.05, 4.69) is 4.90 Å². The molecule has 1 aliphatic rings. The van der Waals surface area contributed by atoms with Crippen molar-refractivity contribution < 1.29 is 9.47 Å². The van der Waals surface area contributed by atoms with Crippen molar-refractivity contribution in [2.24, 2.45) is 0 Å². The molecule has 1 fully saturated rings. The second kappa shape index (κ2) is 5.76. The summed E-state index contributed by atoms with van der Waals surface area (Å²) in [4.78, 5) is 2.97. The Kier molecular flexibility index (Phi) is 4.30. The van der Waals surface area contributed by atoms with Crippen LogP contribution in [0.2, 0.25) is 5.02 Å². The molecule has 0 amide bonds. The fraction of sp³-hybridized carbons (Fsp3) is 0.462. The summed E-state index contributed by atoms with van der Waals surface area (Å²) in [5.74, 6) is 1.27. The Balaban J connectivity index is 2.34. The highest BCUT2D eigenvalue weighted by atomic mass is 35.5. The lowest BCUT2D eigenvalue weighted by Crippen LogP contribution is -2.26. The smallest absolute Gasteiger partial charge is 0.162 e. The number of ether oxygens (including phenoxy) is 2. The maximum atomic E-state index is 6.26. The molecule has 0 N–H and O–H groups in total. The minimum Gasteiger partial charge on any atom is -0.493 e. The summed E-state index contributed by atoms with van der Waals surface area (Å²) in [6.07, 6.45) is 2.37. The van der Waals surface area contributed by atoms with Crippen molar-refractivity contribution in [2.75, 3.05) is 27.3 Å². The van der Waals surface area contributed by atoms with Crippen molar-refractivity contribution in [3.05, 3.63) is 22.7 Å². The highest BCUT2D eigenvalue weighted by Gasteiger charge is 2.20. The summed E-state index contributed by atoms with van der Waals surface area (Å²) < 4.78 is 10.5. The first-order chi connectivity index (χ1) is 8.67. The van der Waals surface area contributed by atoms with Gasteiger partial charge in [-0.2, -0.15) is 0 Å². The molecule has 1 aliphatic heterocycles. The molecule has 1 aromatic carbocycles. The topological polar surface area (TPSA) is 21.7 Å². The molecule has 0 radical (unpaired) electrons. The van der Waals surface area contributed by atoms with E-state index in [1.165, 1.54) is 12.8 Å². The summed E-state index contributed by atoms with van der Waals surface area (Å²) in [6, 6.07) is 3.60. The number of thiocarbonyl (C=S) groups is 1. The normalized spacial score (nSPS) is 14.7. The third-order valence-corrected chi connectivity index (χ3v) is 3.89. The number of halogens is 1. The van der Waals surface area contributed by atoms with Gasteiger partial charge < -0.3 is 14.4 Å². The van der Waals surface area contributed by atoms with E-state index in [-0.39, 0.29) is 0 Å². The number of hydrogen-bond donors (Lipinski definition) is 0. The molecule has 1 saturated heterocycles. The van der Waals surface area contributed by atoms with Crippen LogP contribution in [0.1, 0.15) is 18.4 Å². The minimum absolute atomic E-state index is 0.601. The molecule has 0 atom stereocenters. The van der Waals surface area contributed by atoms with Gasteiger partial charge >= 0.3 is 0 Å². The molecule has 18 heavy (non-hydrogen) atoms. The highest BCUT2D eigenvalue weighted by Crippen LogP contribution is 2.34. The Labute approximate surface area is 118 Å².